The molecule has 1 saturated carbocycles. The van der Waals surface area contributed by atoms with Crippen LogP contribution >= 0.6 is 0 Å². The lowest BCUT2D eigenvalue weighted by Crippen LogP contribution is -2.47. The van der Waals surface area contributed by atoms with Crippen LogP contribution < -0.4 is 20.1 Å². The number of imide groups is 1. The Morgan fingerprint density at radius 2 is 1.97 bits per heavy atom. The second-order valence-corrected chi connectivity index (χ2v) is 6.87. The standard InChI is InChI=1S/C22H28N2O6/c1-4-13-29-18-11-9-16(14-19(18)28-3)10-12-20(25)30-15(2)21(26)24-22(27)23-17-7-5-6-8-17/h4,9-12,14-15,17H,1,5-8,13H2,2-3H3,(H2,23,24,26,27)/b12-10+/t15-/m0/s1. The van der Waals surface area contributed by atoms with Gasteiger partial charge in [0, 0.05) is 12.1 Å². The summed E-state index contributed by atoms with van der Waals surface area (Å²) in [6.45, 7) is 5.34. The molecule has 0 bridgehead atoms. The van der Waals surface area contributed by atoms with Crippen molar-refractivity contribution in [2.24, 2.45) is 0 Å². The van der Waals surface area contributed by atoms with E-state index in [9.17, 15) is 14.4 Å². The molecule has 0 unspecified atom stereocenters. The average Bonchev–Trinajstić information content (AvgIpc) is 3.23. The Morgan fingerprint density at radius 3 is 2.63 bits per heavy atom. The predicted octanol–water partition coefficient (Wildman–Crippen LogP) is 2.97. The normalized spacial score (nSPS) is 14.7. The van der Waals surface area contributed by atoms with Crippen molar-refractivity contribution in [2.45, 2.75) is 44.8 Å². The molecule has 0 heterocycles. The highest BCUT2D eigenvalue weighted by Crippen LogP contribution is 2.28. The lowest BCUT2D eigenvalue weighted by molar-refractivity contribution is -0.149. The van der Waals surface area contributed by atoms with Gasteiger partial charge in [0.15, 0.2) is 17.6 Å². The maximum atomic E-state index is 12.0. The van der Waals surface area contributed by atoms with Crippen LogP contribution in [0.3, 0.4) is 0 Å². The van der Waals surface area contributed by atoms with Crippen LogP contribution in [0.2, 0.25) is 0 Å². The van der Waals surface area contributed by atoms with Gasteiger partial charge in [-0.2, -0.15) is 0 Å². The second-order valence-electron chi connectivity index (χ2n) is 6.87. The molecule has 0 aromatic heterocycles. The molecule has 0 radical (unpaired) electrons. The third-order valence-electron chi connectivity index (χ3n) is 4.55. The molecule has 8 nitrogen and oxygen atoms in total. The minimum absolute atomic E-state index is 0.0872. The molecule has 0 saturated heterocycles. The highest BCUT2D eigenvalue weighted by molar-refractivity contribution is 5.98. The molecule has 1 aromatic rings. The summed E-state index contributed by atoms with van der Waals surface area (Å²) in [6, 6.07) is 4.67. The third-order valence-corrected chi connectivity index (χ3v) is 4.55. The highest BCUT2D eigenvalue weighted by atomic mass is 16.5. The number of methoxy groups -OCH3 is 1. The number of amides is 3. The number of benzene rings is 1. The number of nitrogens with one attached hydrogen (secondary N) is 2. The zero-order valence-electron chi connectivity index (χ0n) is 17.3. The van der Waals surface area contributed by atoms with Crippen molar-refractivity contribution in [2.75, 3.05) is 13.7 Å². The molecule has 2 N–H and O–H groups in total. The van der Waals surface area contributed by atoms with Gasteiger partial charge in [-0.25, -0.2) is 9.59 Å². The van der Waals surface area contributed by atoms with Gasteiger partial charge in [0.1, 0.15) is 6.61 Å². The Morgan fingerprint density at radius 1 is 1.23 bits per heavy atom. The maximum absolute atomic E-state index is 12.0. The number of ether oxygens (including phenoxy) is 3. The van der Waals surface area contributed by atoms with Gasteiger partial charge in [0.05, 0.1) is 7.11 Å². The van der Waals surface area contributed by atoms with E-state index >= 15 is 0 Å². The number of hydrogen-bond donors (Lipinski definition) is 2. The molecule has 1 aliphatic carbocycles. The van der Waals surface area contributed by atoms with E-state index in [0.717, 1.165) is 25.7 Å². The van der Waals surface area contributed by atoms with Gasteiger partial charge in [-0.05, 0) is 43.5 Å². The van der Waals surface area contributed by atoms with Crippen molar-refractivity contribution in [3.8, 4) is 11.5 Å². The predicted molar refractivity (Wildman–Crippen MR) is 112 cm³/mol. The van der Waals surface area contributed by atoms with Gasteiger partial charge in [-0.15, -0.1) is 0 Å². The van der Waals surface area contributed by atoms with Crippen LogP contribution in [0.25, 0.3) is 6.08 Å². The molecule has 0 spiro atoms. The smallest absolute Gasteiger partial charge is 0.331 e. The summed E-state index contributed by atoms with van der Waals surface area (Å²) in [5.74, 6) is -0.330. The van der Waals surface area contributed by atoms with Gasteiger partial charge in [0.25, 0.3) is 5.91 Å². The van der Waals surface area contributed by atoms with Crippen LogP contribution in [-0.4, -0.2) is 43.8 Å². The number of carbonyl (C=O) groups excluding carboxylic acids is 3. The zero-order valence-corrected chi connectivity index (χ0v) is 17.3. The van der Waals surface area contributed by atoms with E-state index in [1.54, 1.807) is 24.3 Å². The first-order valence-corrected chi connectivity index (χ1v) is 9.84. The lowest BCUT2D eigenvalue weighted by atomic mass is 10.2. The highest BCUT2D eigenvalue weighted by Gasteiger charge is 2.22. The van der Waals surface area contributed by atoms with Gasteiger partial charge in [0.2, 0.25) is 0 Å². The molecule has 3 amide bonds. The quantitative estimate of drug-likeness (QED) is 0.364. The van der Waals surface area contributed by atoms with Crippen LogP contribution in [0.1, 0.15) is 38.2 Å². The molecule has 1 aromatic carbocycles. The molecule has 0 aliphatic heterocycles. The first-order valence-electron chi connectivity index (χ1n) is 9.84. The zero-order chi connectivity index (χ0) is 21.9. The average molecular weight is 416 g/mol. The summed E-state index contributed by atoms with van der Waals surface area (Å²) in [7, 11) is 1.51. The maximum Gasteiger partial charge on any atom is 0.331 e. The first-order chi connectivity index (χ1) is 14.4. The molecule has 1 atom stereocenters. The van der Waals surface area contributed by atoms with E-state index in [1.165, 1.54) is 26.2 Å². The molecule has 162 valence electrons. The Balaban J connectivity index is 1.84. The third kappa shape index (κ3) is 7.27. The molecule has 30 heavy (non-hydrogen) atoms. The summed E-state index contributed by atoms with van der Waals surface area (Å²) >= 11 is 0. The fraction of sp³-hybridized carbons (Fsp3) is 0.409. The molecular weight excluding hydrogens is 388 g/mol. The fourth-order valence-electron chi connectivity index (χ4n) is 2.99. The summed E-state index contributed by atoms with van der Waals surface area (Å²) < 4.78 is 15.8. The largest absolute Gasteiger partial charge is 0.493 e. The van der Waals surface area contributed by atoms with Crippen molar-refractivity contribution in [1.82, 2.24) is 10.6 Å². The topological polar surface area (TPSA) is 103 Å². The van der Waals surface area contributed by atoms with E-state index in [-0.39, 0.29) is 6.04 Å². The number of carbonyl (C=O) groups is 3. The van der Waals surface area contributed by atoms with E-state index in [0.29, 0.717) is 23.7 Å². The van der Waals surface area contributed by atoms with Gasteiger partial charge in [-0.3, -0.25) is 10.1 Å². The summed E-state index contributed by atoms with van der Waals surface area (Å²) in [4.78, 5) is 35.9. The fourth-order valence-corrected chi connectivity index (χ4v) is 2.99. The minimum atomic E-state index is -1.11. The first kappa shape index (κ1) is 23.0. The number of rotatable bonds is 9. The Hall–Kier alpha value is -3.29. The van der Waals surface area contributed by atoms with Crippen LogP contribution in [0.15, 0.2) is 36.9 Å². The van der Waals surface area contributed by atoms with Crippen molar-refractivity contribution in [1.29, 1.82) is 0 Å². The Kier molecular flexibility index (Phi) is 8.93. The second kappa shape index (κ2) is 11.6. The van der Waals surface area contributed by atoms with Crippen molar-refractivity contribution in [3.05, 3.63) is 42.5 Å². The van der Waals surface area contributed by atoms with Crippen LogP contribution in [-0.2, 0) is 14.3 Å². The molecular formula is C22H28N2O6. The lowest BCUT2D eigenvalue weighted by Gasteiger charge is -2.15. The SMILES string of the molecule is C=CCOc1ccc(/C=C/C(=O)O[C@@H](C)C(=O)NC(=O)NC2CCCC2)cc1OC. The van der Waals surface area contributed by atoms with Crippen LogP contribution in [0, 0.1) is 0 Å². The Bertz CT molecular complexity index is 799. The number of esters is 1. The molecule has 2 rings (SSSR count). The van der Waals surface area contributed by atoms with Crippen LogP contribution in [0.5, 0.6) is 11.5 Å². The van der Waals surface area contributed by atoms with Gasteiger partial charge >= 0.3 is 12.0 Å². The Labute approximate surface area is 176 Å². The van der Waals surface area contributed by atoms with E-state index in [4.69, 9.17) is 14.2 Å². The summed E-state index contributed by atoms with van der Waals surface area (Å²) in [5, 5.41) is 4.94. The van der Waals surface area contributed by atoms with Gasteiger partial charge in [-0.1, -0.05) is 31.6 Å². The monoisotopic (exact) mass is 416 g/mol. The van der Waals surface area contributed by atoms with Gasteiger partial charge < -0.3 is 19.5 Å². The van der Waals surface area contributed by atoms with E-state index in [2.05, 4.69) is 17.2 Å². The van der Waals surface area contributed by atoms with Crippen LogP contribution in [0.4, 0.5) is 4.79 Å². The van der Waals surface area contributed by atoms with E-state index in [1.807, 2.05) is 0 Å². The number of urea groups is 1. The number of hydrogen-bond acceptors (Lipinski definition) is 6. The van der Waals surface area contributed by atoms with Crippen molar-refractivity contribution >= 4 is 24.0 Å². The molecule has 1 aliphatic rings. The van der Waals surface area contributed by atoms with E-state index < -0.39 is 24.0 Å². The summed E-state index contributed by atoms with van der Waals surface area (Å²) in [5.41, 5.74) is 0.683. The molecule has 8 heteroatoms. The minimum Gasteiger partial charge on any atom is -0.493 e. The summed E-state index contributed by atoms with van der Waals surface area (Å²) in [6.07, 6.45) is 7.18. The van der Waals surface area contributed by atoms with Crippen molar-refractivity contribution in [3.63, 3.8) is 0 Å². The van der Waals surface area contributed by atoms with Crippen molar-refractivity contribution < 1.29 is 28.6 Å². The molecule has 1 fully saturated rings.